The fraction of sp³-hybridized carbons (Fsp3) is 0.214. The van der Waals surface area contributed by atoms with E-state index in [-0.39, 0.29) is 5.91 Å². The van der Waals surface area contributed by atoms with Crippen LogP contribution < -0.4 is 5.43 Å². The molecule has 1 aromatic carbocycles. The Morgan fingerprint density at radius 3 is 3.10 bits per heavy atom. The van der Waals surface area contributed by atoms with E-state index >= 15 is 0 Å². The Balaban J connectivity index is 1.69. The van der Waals surface area contributed by atoms with Crippen LogP contribution in [0.2, 0.25) is 5.02 Å². The lowest BCUT2D eigenvalue weighted by atomic mass is 10.2. The highest BCUT2D eigenvalue weighted by atomic mass is 35.5. The molecule has 0 fully saturated rings. The van der Waals surface area contributed by atoms with Crippen molar-refractivity contribution in [2.45, 2.75) is 19.3 Å². The SMILES string of the molecule is O=C(N/N=C/c1ccccc1Cl)c1n[nH]c2c1CCC2. The Morgan fingerprint density at radius 1 is 1.40 bits per heavy atom. The van der Waals surface area contributed by atoms with Gasteiger partial charge in [0.1, 0.15) is 0 Å². The molecule has 1 aliphatic rings. The van der Waals surface area contributed by atoms with Gasteiger partial charge >= 0.3 is 0 Å². The number of halogens is 1. The minimum atomic E-state index is -0.298. The van der Waals surface area contributed by atoms with E-state index in [9.17, 15) is 4.79 Å². The monoisotopic (exact) mass is 288 g/mol. The summed E-state index contributed by atoms with van der Waals surface area (Å²) in [6.07, 6.45) is 4.43. The van der Waals surface area contributed by atoms with E-state index < -0.39 is 0 Å². The van der Waals surface area contributed by atoms with Crippen LogP contribution in [0.15, 0.2) is 29.4 Å². The van der Waals surface area contributed by atoms with E-state index in [4.69, 9.17) is 11.6 Å². The molecule has 1 heterocycles. The number of hydrogen-bond donors (Lipinski definition) is 2. The molecule has 5 nitrogen and oxygen atoms in total. The lowest BCUT2D eigenvalue weighted by molar-refractivity contribution is 0.0949. The molecule has 2 N–H and O–H groups in total. The van der Waals surface area contributed by atoms with Crippen LogP contribution >= 0.6 is 11.6 Å². The summed E-state index contributed by atoms with van der Waals surface area (Å²) in [5.41, 5.74) is 5.74. The number of carbonyl (C=O) groups is 1. The highest BCUT2D eigenvalue weighted by Gasteiger charge is 2.22. The zero-order valence-electron chi connectivity index (χ0n) is 10.7. The van der Waals surface area contributed by atoms with Gasteiger partial charge in [0.25, 0.3) is 5.91 Å². The molecule has 6 heteroatoms. The van der Waals surface area contributed by atoms with Crippen molar-refractivity contribution >= 4 is 23.7 Å². The van der Waals surface area contributed by atoms with Crippen molar-refractivity contribution in [3.63, 3.8) is 0 Å². The number of nitrogens with zero attached hydrogens (tertiary/aromatic N) is 2. The van der Waals surface area contributed by atoms with Gasteiger partial charge in [0.05, 0.1) is 6.21 Å². The minimum Gasteiger partial charge on any atom is -0.281 e. The van der Waals surface area contributed by atoms with Gasteiger partial charge in [-0.25, -0.2) is 5.43 Å². The lowest BCUT2D eigenvalue weighted by Gasteiger charge is -1.99. The van der Waals surface area contributed by atoms with Gasteiger partial charge < -0.3 is 0 Å². The van der Waals surface area contributed by atoms with Crippen LogP contribution in [0.5, 0.6) is 0 Å². The van der Waals surface area contributed by atoms with Gasteiger partial charge in [-0.05, 0) is 25.3 Å². The molecular formula is C14H13ClN4O. The van der Waals surface area contributed by atoms with Crippen molar-refractivity contribution in [3.8, 4) is 0 Å². The molecular weight excluding hydrogens is 276 g/mol. The molecule has 0 unspecified atom stereocenters. The molecule has 0 radical (unpaired) electrons. The third-order valence-corrected chi connectivity index (χ3v) is 3.64. The van der Waals surface area contributed by atoms with E-state index in [0.29, 0.717) is 10.7 Å². The number of H-pyrrole nitrogens is 1. The molecule has 0 bridgehead atoms. The number of carbonyl (C=O) groups excluding carboxylic acids is 1. The third-order valence-electron chi connectivity index (χ3n) is 3.30. The van der Waals surface area contributed by atoms with Gasteiger partial charge in [-0.3, -0.25) is 9.89 Å². The Morgan fingerprint density at radius 2 is 2.25 bits per heavy atom. The standard InChI is InChI=1S/C14H13ClN4O/c15-11-6-2-1-4-9(11)8-16-19-14(20)13-10-5-3-7-12(10)17-18-13/h1-2,4,6,8H,3,5,7H2,(H,17,18)(H,19,20)/b16-8+. The number of benzene rings is 1. The molecule has 20 heavy (non-hydrogen) atoms. The summed E-state index contributed by atoms with van der Waals surface area (Å²) in [7, 11) is 0. The fourth-order valence-electron chi connectivity index (χ4n) is 2.30. The van der Waals surface area contributed by atoms with Gasteiger partial charge in [-0.1, -0.05) is 29.8 Å². The highest BCUT2D eigenvalue weighted by Crippen LogP contribution is 2.22. The van der Waals surface area contributed by atoms with Crippen molar-refractivity contribution in [1.82, 2.24) is 15.6 Å². The first kappa shape index (κ1) is 12.9. The number of nitrogens with one attached hydrogen (secondary N) is 2. The predicted molar refractivity (Wildman–Crippen MR) is 77.1 cm³/mol. The molecule has 102 valence electrons. The van der Waals surface area contributed by atoms with Crippen LogP contribution in [0.25, 0.3) is 0 Å². The van der Waals surface area contributed by atoms with Crippen molar-refractivity contribution in [1.29, 1.82) is 0 Å². The van der Waals surface area contributed by atoms with Gasteiger partial charge in [0.2, 0.25) is 0 Å². The normalized spacial score (nSPS) is 13.7. The van der Waals surface area contributed by atoms with Gasteiger partial charge in [-0.2, -0.15) is 10.2 Å². The number of aryl methyl sites for hydroxylation is 1. The van der Waals surface area contributed by atoms with Crippen LogP contribution in [0.4, 0.5) is 0 Å². The van der Waals surface area contributed by atoms with E-state index in [1.807, 2.05) is 18.2 Å². The first-order valence-corrected chi connectivity index (χ1v) is 6.77. The smallest absolute Gasteiger partial charge is 0.281 e. The molecule has 1 aliphatic carbocycles. The minimum absolute atomic E-state index is 0.298. The zero-order chi connectivity index (χ0) is 13.9. The molecule has 2 aromatic rings. The maximum Gasteiger partial charge on any atom is 0.292 e. The topological polar surface area (TPSA) is 70.1 Å². The summed E-state index contributed by atoms with van der Waals surface area (Å²) >= 11 is 5.99. The van der Waals surface area contributed by atoms with Gasteiger partial charge in [0.15, 0.2) is 5.69 Å². The Labute approximate surface area is 121 Å². The summed E-state index contributed by atoms with van der Waals surface area (Å²) in [5.74, 6) is -0.298. The maximum absolute atomic E-state index is 12.0. The van der Waals surface area contributed by atoms with E-state index in [2.05, 4.69) is 20.7 Å². The number of amides is 1. The number of hydrogen-bond acceptors (Lipinski definition) is 3. The molecule has 0 aliphatic heterocycles. The quantitative estimate of drug-likeness (QED) is 0.672. The predicted octanol–water partition coefficient (Wildman–Crippen LogP) is 2.32. The summed E-state index contributed by atoms with van der Waals surface area (Å²) in [6.45, 7) is 0. The molecule has 1 amide bonds. The number of hydrazone groups is 1. The van der Waals surface area contributed by atoms with E-state index in [1.165, 1.54) is 6.21 Å². The Kier molecular flexibility index (Phi) is 3.52. The molecule has 0 saturated heterocycles. The second kappa shape index (κ2) is 5.46. The van der Waals surface area contributed by atoms with Crippen molar-refractivity contribution < 1.29 is 4.79 Å². The number of rotatable bonds is 3. The molecule has 0 atom stereocenters. The van der Waals surface area contributed by atoms with Crippen LogP contribution in [0.3, 0.4) is 0 Å². The largest absolute Gasteiger partial charge is 0.292 e. The number of aromatic amines is 1. The van der Waals surface area contributed by atoms with Gasteiger partial charge in [-0.15, -0.1) is 0 Å². The van der Waals surface area contributed by atoms with Crippen LogP contribution in [-0.4, -0.2) is 22.3 Å². The molecule has 0 saturated carbocycles. The van der Waals surface area contributed by atoms with Crippen molar-refractivity contribution in [3.05, 3.63) is 51.8 Å². The maximum atomic E-state index is 12.0. The van der Waals surface area contributed by atoms with Crippen LogP contribution in [-0.2, 0) is 12.8 Å². The molecule has 0 spiro atoms. The van der Waals surface area contributed by atoms with Crippen LogP contribution in [0, 0.1) is 0 Å². The van der Waals surface area contributed by atoms with Gasteiger partial charge in [0, 0.05) is 21.8 Å². The fourth-order valence-corrected chi connectivity index (χ4v) is 2.48. The summed E-state index contributed by atoms with van der Waals surface area (Å²) in [5, 5.41) is 11.5. The Hall–Kier alpha value is -2.14. The summed E-state index contributed by atoms with van der Waals surface area (Å²) < 4.78 is 0. The van der Waals surface area contributed by atoms with Crippen LogP contribution in [0.1, 0.15) is 33.7 Å². The summed E-state index contributed by atoms with van der Waals surface area (Å²) in [6, 6.07) is 7.29. The molecule has 1 aromatic heterocycles. The lowest BCUT2D eigenvalue weighted by Crippen LogP contribution is -2.19. The van der Waals surface area contributed by atoms with E-state index in [0.717, 1.165) is 36.1 Å². The zero-order valence-corrected chi connectivity index (χ0v) is 11.4. The average Bonchev–Trinajstić information content (AvgIpc) is 3.03. The second-order valence-corrected chi connectivity index (χ2v) is 5.01. The first-order valence-electron chi connectivity index (χ1n) is 6.40. The van der Waals surface area contributed by atoms with Crippen molar-refractivity contribution in [2.75, 3.05) is 0 Å². The van der Waals surface area contributed by atoms with E-state index in [1.54, 1.807) is 6.07 Å². The Bertz CT molecular complexity index is 678. The highest BCUT2D eigenvalue weighted by molar-refractivity contribution is 6.33. The van der Waals surface area contributed by atoms with Crippen molar-refractivity contribution in [2.24, 2.45) is 5.10 Å². The number of fused-ring (bicyclic) bond motifs is 1. The first-order chi connectivity index (χ1) is 9.75. The number of aromatic nitrogens is 2. The third kappa shape index (κ3) is 2.44. The summed E-state index contributed by atoms with van der Waals surface area (Å²) in [4.78, 5) is 12.0. The second-order valence-electron chi connectivity index (χ2n) is 4.60. The molecule has 3 rings (SSSR count). The average molecular weight is 289 g/mol.